The zero-order chi connectivity index (χ0) is 18.1. The van der Waals surface area contributed by atoms with Crippen molar-refractivity contribution >= 4 is 11.8 Å². The van der Waals surface area contributed by atoms with Crippen molar-refractivity contribution in [2.75, 3.05) is 57.3 Å². The molecule has 2 fully saturated rings. The Morgan fingerprint density at radius 2 is 1.68 bits per heavy atom. The number of aromatic nitrogens is 1. The zero-order valence-electron chi connectivity index (χ0n) is 15.6. The van der Waals surface area contributed by atoms with E-state index in [9.17, 15) is 4.79 Å². The van der Waals surface area contributed by atoms with Gasteiger partial charge >= 0.3 is 6.09 Å². The summed E-state index contributed by atoms with van der Waals surface area (Å²) in [6.45, 7) is 13.2. The van der Waals surface area contributed by atoms with Crippen LogP contribution in [0.4, 0.5) is 10.5 Å². The number of nitrogens with zero attached hydrogens (tertiary/aromatic N) is 3. The highest BCUT2D eigenvalue weighted by Crippen LogP contribution is 2.11. The van der Waals surface area contributed by atoms with Crippen molar-refractivity contribution in [3.05, 3.63) is 24.5 Å². The van der Waals surface area contributed by atoms with Crippen molar-refractivity contribution in [3.8, 4) is 0 Å². The third kappa shape index (κ3) is 7.27. The Morgan fingerprint density at radius 1 is 1.08 bits per heavy atom. The molecule has 1 aromatic rings. The molecule has 0 aromatic carbocycles. The first-order chi connectivity index (χ1) is 12.0. The van der Waals surface area contributed by atoms with Crippen LogP contribution in [0.2, 0.25) is 0 Å². The topological polar surface area (TPSA) is 69.7 Å². The van der Waals surface area contributed by atoms with Gasteiger partial charge in [0, 0.05) is 58.6 Å². The van der Waals surface area contributed by atoms with Crippen molar-refractivity contribution in [1.29, 1.82) is 0 Å². The van der Waals surface area contributed by atoms with Crippen LogP contribution in [0.15, 0.2) is 24.5 Å². The summed E-state index contributed by atoms with van der Waals surface area (Å²) in [7, 11) is 0. The molecular formula is C18H31N5O2. The van der Waals surface area contributed by atoms with Gasteiger partial charge in [-0.15, -0.1) is 0 Å². The molecule has 7 heteroatoms. The number of carbonyl (C=O) groups is 1. The number of pyridine rings is 1. The van der Waals surface area contributed by atoms with Gasteiger partial charge in [0.15, 0.2) is 0 Å². The molecule has 2 N–H and O–H groups in total. The van der Waals surface area contributed by atoms with E-state index in [0.717, 1.165) is 52.4 Å². The smallest absolute Gasteiger partial charge is 0.410 e. The van der Waals surface area contributed by atoms with Crippen LogP contribution >= 0.6 is 0 Å². The SMILES string of the molecule is CC(C)(C)OC(=O)N1CCNCC1.c1cncc(N2CCNCC2)c1. The van der Waals surface area contributed by atoms with E-state index in [-0.39, 0.29) is 11.7 Å². The van der Waals surface area contributed by atoms with E-state index in [2.05, 4.69) is 26.6 Å². The molecule has 3 heterocycles. The minimum Gasteiger partial charge on any atom is -0.444 e. The summed E-state index contributed by atoms with van der Waals surface area (Å²) in [6, 6.07) is 4.09. The summed E-state index contributed by atoms with van der Waals surface area (Å²) >= 11 is 0. The van der Waals surface area contributed by atoms with Gasteiger partial charge in [-0.2, -0.15) is 0 Å². The van der Waals surface area contributed by atoms with E-state index in [0.29, 0.717) is 0 Å². The highest BCUT2D eigenvalue weighted by Gasteiger charge is 2.22. The third-order valence-electron chi connectivity index (χ3n) is 3.90. The average Bonchev–Trinajstić information content (AvgIpc) is 2.63. The maximum atomic E-state index is 11.5. The van der Waals surface area contributed by atoms with Crippen molar-refractivity contribution in [2.24, 2.45) is 0 Å². The van der Waals surface area contributed by atoms with Crippen LogP contribution in [0, 0.1) is 0 Å². The first kappa shape index (κ1) is 19.5. The van der Waals surface area contributed by atoms with Crippen LogP contribution in [-0.2, 0) is 4.74 Å². The van der Waals surface area contributed by atoms with E-state index in [1.165, 1.54) is 5.69 Å². The maximum Gasteiger partial charge on any atom is 0.410 e. The number of hydrogen-bond donors (Lipinski definition) is 2. The molecule has 1 amide bonds. The van der Waals surface area contributed by atoms with Gasteiger partial charge in [0.25, 0.3) is 0 Å². The molecule has 25 heavy (non-hydrogen) atoms. The molecule has 0 spiro atoms. The standard InChI is InChI=1S/C9H13N3.C9H18N2O2/c1-2-9(8-11-3-1)12-6-4-10-5-7-12;1-9(2,3)13-8(12)11-6-4-10-5-7-11/h1-3,8,10H,4-7H2;10H,4-7H2,1-3H3. The predicted octanol–water partition coefficient (Wildman–Crippen LogP) is 1.32. The fourth-order valence-electron chi connectivity index (χ4n) is 2.64. The summed E-state index contributed by atoms with van der Waals surface area (Å²) in [4.78, 5) is 19.7. The molecule has 0 saturated carbocycles. The lowest BCUT2D eigenvalue weighted by molar-refractivity contribution is 0.0229. The highest BCUT2D eigenvalue weighted by molar-refractivity contribution is 5.68. The van der Waals surface area contributed by atoms with Crippen LogP contribution in [0.25, 0.3) is 0 Å². The third-order valence-corrected chi connectivity index (χ3v) is 3.90. The first-order valence-electron chi connectivity index (χ1n) is 9.00. The molecule has 0 aliphatic carbocycles. The predicted molar refractivity (Wildman–Crippen MR) is 100.0 cm³/mol. The van der Waals surface area contributed by atoms with E-state index in [1.807, 2.05) is 39.2 Å². The molecule has 0 radical (unpaired) electrons. The number of hydrogen-bond acceptors (Lipinski definition) is 6. The second-order valence-corrected chi connectivity index (χ2v) is 7.17. The lowest BCUT2D eigenvalue weighted by Gasteiger charge is -2.30. The zero-order valence-corrected chi connectivity index (χ0v) is 15.6. The Balaban J connectivity index is 0.000000181. The minimum atomic E-state index is -0.387. The second kappa shape index (κ2) is 9.58. The van der Waals surface area contributed by atoms with Gasteiger partial charge in [0.2, 0.25) is 0 Å². The molecule has 0 unspecified atom stereocenters. The van der Waals surface area contributed by atoms with Gasteiger partial charge in [-0.3, -0.25) is 4.98 Å². The lowest BCUT2D eigenvalue weighted by Crippen LogP contribution is -2.48. The first-order valence-corrected chi connectivity index (χ1v) is 9.00. The quantitative estimate of drug-likeness (QED) is 0.797. The van der Waals surface area contributed by atoms with Crippen molar-refractivity contribution in [3.63, 3.8) is 0 Å². The van der Waals surface area contributed by atoms with Gasteiger partial charge in [0.05, 0.1) is 11.9 Å². The van der Waals surface area contributed by atoms with Gasteiger partial charge in [-0.05, 0) is 32.9 Å². The molecule has 2 aliphatic heterocycles. The Labute approximate surface area is 150 Å². The van der Waals surface area contributed by atoms with E-state index in [4.69, 9.17) is 4.74 Å². The number of carbonyl (C=O) groups excluding carboxylic acids is 1. The van der Waals surface area contributed by atoms with Crippen molar-refractivity contribution < 1.29 is 9.53 Å². The van der Waals surface area contributed by atoms with Crippen molar-refractivity contribution in [1.82, 2.24) is 20.5 Å². The number of ether oxygens (including phenoxy) is 1. The lowest BCUT2D eigenvalue weighted by atomic mass is 10.2. The number of nitrogens with one attached hydrogen (secondary N) is 2. The molecule has 7 nitrogen and oxygen atoms in total. The average molecular weight is 349 g/mol. The van der Waals surface area contributed by atoms with Crippen LogP contribution in [0.1, 0.15) is 20.8 Å². The number of rotatable bonds is 1. The van der Waals surface area contributed by atoms with Crippen molar-refractivity contribution in [2.45, 2.75) is 26.4 Å². The Bertz CT molecular complexity index is 506. The highest BCUT2D eigenvalue weighted by atomic mass is 16.6. The molecule has 0 bridgehead atoms. The Kier molecular flexibility index (Phi) is 7.46. The largest absolute Gasteiger partial charge is 0.444 e. The molecule has 3 rings (SSSR count). The number of anilines is 1. The molecule has 2 aliphatic rings. The van der Waals surface area contributed by atoms with Crippen LogP contribution in [-0.4, -0.2) is 73.9 Å². The van der Waals surface area contributed by atoms with Gasteiger partial charge in [-0.1, -0.05) is 0 Å². The molecule has 1 aromatic heterocycles. The molecule has 2 saturated heterocycles. The summed E-state index contributed by atoms with van der Waals surface area (Å²) in [5, 5.41) is 6.51. The molecular weight excluding hydrogens is 318 g/mol. The summed E-state index contributed by atoms with van der Waals surface area (Å²) in [5.41, 5.74) is 0.848. The fraction of sp³-hybridized carbons (Fsp3) is 0.667. The van der Waals surface area contributed by atoms with E-state index in [1.54, 1.807) is 4.90 Å². The van der Waals surface area contributed by atoms with E-state index < -0.39 is 0 Å². The fourth-order valence-corrected chi connectivity index (χ4v) is 2.64. The minimum absolute atomic E-state index is 0.200. The summed E-state index contributed by atoms with van der Waals surface area (Å²) < 4.78 is 5.24. The van der Waals surface area contributed by atoms with Gasteiger partial charge < -0.3 is 25.2 Å². The van der Waals surface area contributed by atoms with Crippen LogP contribution in [0.5, 0.6) is 0 Å². The van der Waals surface area contributed by atoms with E-state index >= 15 is 0 Å². The van der Waals surface area contributed by atoms with Crippen LogP contribution in [0.3, 0.4) is 0 Å². The molecule has 140 valence electrons. The summed E-state index contributed by atoms with van der Waals surface area (Å²) in [5.74, 6) is 0. The normalized spacial score (nSPS) is 18.2. The Morgan fingerprint density at radius 3 is 2.20 bits per heavy atom. The van der Waals surface area contributed by atoms with Gasteiger partial charge in [-0.25, -0.2) is 4.79 Å². The number of piperazine rings is 2. The van der Waals surface area contributed by atoms with Crippen LogP contribution < -0.4 is 15.5 Å². The second-order valence-electron chi connectivity index (χ2n) is 7.17. The van der Waals surface area contributed by atoms with Gasteiger partial charge in [0.1, 0.15) is 5.60 Å². The maximum absolute atomic E-state index is 11.5. The Hall–Kier alpha value is -1.86. The number of amides is 1. The summed E-state index contributed by atoms with van der Waals surface area (Å²) in [6.07, 6.45) is 3.53. The molecule has 0 atom stereocenters. The monoisotopic (exact) mass is 349 g/mol.